The standard InChI is InChI=1S/C11H16N2S/c1-2-8(1)11(9-3-4-9)13-6-10-5-12-7-14-10/h5,7-9,11,13H,1-4,6H2. The van der Waals surface area contributed by atoms with Gasteiger partial charge in [-0.2, -0.15) is 0 Å². The molecular formula is C11H16N2S. The van der Waals surface area contributed by atoms with Crippen LogP contribution in [0.5, 0.6) is 0 Å². The van der Waals surface area contributed by atoms with E-state index in [-0.39, 0.29) is 0 Å². The Hall–Kier alpha value is -0.410. The van der Waals surface area contributed by atoms with Gasteiger partial charge in [-0.05, 0) is 37.5 Å². The van der Waals surface area contributed by atoms with Gasteiger partial charge in [-0.15, -0.1) is 11.3 Å². The summed E-state index contributed by atoms with van der Waals surface area (Å²) < 4.78 is 0. The maximum absolute atomic E-state index is 4.10. The lowest BCUT2D eigenvalue weighted by atomic mass is 10.1. The molecule has 3 rings (SSSR count). The van der Waals surface area contributed by atoms with E-state index < -0.39 is 0 Å². The predicted molar refractivity (Wildman–Crippen MR) is 58.2 cm³/mol. The zero-order valence-corrected chi connectivity index (χ0v) is 9.09. The third kappa shape index (κ3) is 1.98. The number of rotatable bonds is 5. The van der Waals surface area contributed by atoms with E-state index in [2.05, 4.69) is 10.3 Å². The second kappa shape index (κ2) is 3.63. The van der Waals surface area contributed by atoms with Crippen molar-refractivity contribution in [2.24, 2.45) is 11.8 Å². The molecule has 1 N–H and O–H groups in total. The molecule has 2 fully saturated rings. The number of hydrogen-bond donors (Lipinski definition) is 1. The fraction of sp³-hybridized carbons (Fsp3) is 0.727. The van der Waals surface area contributed by atoms with Crippen LogP contribution in [0.2, 0.25) is 0 Å². The third-order valence-corrected chi connectivity index (χ3v) is 4.03. The number of thiazole rings is 1. The normalized spacial score (nSPS) is 21.8. The number of hydrogen-bond acceptors (Lipinski definition) is 3. The molecule has 14 heavy (non-hydrogen) atoms. The van der Waals surface area contributed by atoms with Crippen molar-refractivity contribution in [3.63, 3.8) is 0 Å². The molecular weight excluding hydrogens is 192 g/mol. The van der Waals surface area contributed by atoms with Gasteiger partial charge in [-0.1, -0.05) is 0 Å². The monoisotopic (exact) mass is 208 g/mol. The van der Waals surface area contributed by atoms with Gasteiger partial charge in [0.1, 0.15) is 0 Å². The molecule has 1 aromatic rings. The molecule has 1 aromatic heterocycles. The maximum atomic E-state index is 4.10. The third-order valence-electron chi connectivity index (χ3n) is 3.26. The average Bonchev–Trinajstić information content (AvgIpc) is 3.09. The van der Waals surface area contributed by atoms with Gasteiger partial charge in [0, 0.05) is 23.7 Å². The molecule has 0 radical (unpaired) electrons. The van der Waals surface area contributed by atoms with E-state index in [9.17, 15) is 0 Å². The first-order valence-electron chi connectivity index (χ1n) is 5.54. The van der Waals surface area contributed by atoms with Crippen molar-refractivity contribution in [1.29, 1.82) is 0 Å². The molecule has 2 nitrogen and oxygen atoms in total. The molecule has 0 aromatic carbocycles. The molecule has 0 unspecified atom stereocenters. The first kappa shape index (κ1) is 8.86. The van der Waals surface area contributed by atoms with E-state index >= 15 is 0 Å². The summed E-state index contributed by atoms with van der Waals surface area (Å²) in [4.78, 5) is 5.47. The molecule has 0 spiro atoms. The summed E-state index contributed by atoms with van der Waals surface area (Å²) in [7, 11) is 0. The van der Waals surface area contributed by atoms with Crippen molar-refractivity contribution in [3.05, 3.63) is 16.6 Å². The van der Waals surface area contributed by atoms with E-state index in [4.69, 9.17) is 0 Å². The number of nitrogens with one attached hydrogen (secondary N) is 1. The zero-order chi connectivity index (χ0) is 9.38. The Labute approximate surface area is 88.7 Å². The highest BCUT2D eigenvalue weighted by atomic mass is 32.1. The second-order valence-corrected chi connectivity index (χ2v) is 5.52. The van der Waals surface area contributed by atoms with Gasteiger partial charge < -0.3 is 5.32 Å². The van der Waals surface area contributed by atoms with Gasteiger partial charge in [-0.3, -0.25) is 4.98 Å². The Morgan fingerprint density at radius 2 is 2.07 bits per heavy atom. The van der Waals surface area contributed by atoms with Crippen molar-refractivity contribution in [3.8, 4) is 0 Å². The van der Waals surface area contributed by atoms with Crippen molar-refractivity contribution in [1.82, 2.24) is 10.3 Å². The van der Waals surface area contributed by atoms with Crippen LogP contribution in [0, 0.1) is 11.8 Å². The van der Waals surface area contributed by atoms with Crippen LogP contribution >= 0.6 is 11.3 Å². The highest BCUT2D eigenvalue weighted by Crippen LogP contribution is 2.44. The minimum absolute atomic E-state index is 0.817. The molecule has 0 aliphatic heterocycles. The molecule has 1 heterocycles. The number of aromatic nitrogens is 1. The van der Waals surface area contributed by atoms with Gasteiger partial charge >= 0.3 is 0 Å². The molecule has 2 aliphatic carbocycles. The van der Waals surface area contributed by atoms with Crippen LogP contribution in [0.1, 0.15) is 30.6 Å². The first-order chi connectivity index (χ1) is 6.93. The van der Waals surface area contributed by atoms with Crippen molar-refractivity contribution in [2.45, 2.75) is 38.3 Å². The van der Waals surface area contributed by atoms with Crippen LogP contribution in [-0.2, 0) is 6.54 Å². The summed E-state index contributed by atoms with van der Waals surface area (Å²) in [6, 6.07) is 0.817. The summed E-state index contributed by atoms with van der Waals surface area (Å²) in [5.41, 5.74) is 1.92. The van der Waals surface area contributed by atoms with Crippen molar-refractivity contribution < 1.29 is 0 Å². The zero-order valence-electron chi connectivity index (χ0n) is 8.28. The minimum Gasteiger partial charge on any atom is -0.308 e. The highest BCUT2D eigenvalue weighted by molar-refractivity contribution is 7.09. The summed E-state index contributed by atoms with van der Waals surface area (Å²) in [6.45, 7) is 1.03. The quantitative estimate of drug-likeness (QED) is 0.804. The molecule has 0 atom stereocenters. The summed E-state index contributed by atoms with van der Waals surface area (Å²) in [6.07, 6.45) is 7.80. The summed E-state index contributed by atoms with van der Waals surface area (Å²) in [5, 5.41) is 3.72. The lowest BCUT2D eigenvalue weighted by molar-refractivity contribution is 0.417. The van der Waals surface area contributed by atoms with Gasteiger partial charge in [0.2, 0.25) is 0 Å². The fourth-order valence-corrected chi connectivity index (χ4v) is 2.72. The SMILES string of the molecule is c1ncc(CNC(C2CC2)C2CC2)s1. The van der Waals surface area contributed by atoms with Crippen molar-refractivity contribution >= 4 is 11.3 Å². The Morgan fingerprint density at radius 3 is 2.57 bits per heavy atom. The van der Waals surface area contributed by atoms with Gasteiger partial charge in [0.25, 0.3) is 0 Å². The van der Waals surface area contributed by atoms with E-state index in [1.165, 1.54) is 30.6 Å². The summed E-state index contributed by atoms with van der Waals surface area (Å²) in [5.74, 6) is 1.99. The second-order valence-electron chi connectivity index (χ2n) is 4.55. The molecule has 0 saturated heterocycles. The predicted octanol–water partition coefficient (Wildman–Crippen LogP) is 2.42. The molecule has 0 bridgehead atoms. The van der Waals surface area contributed by atoms with Crippen LogP contribution in [-0.4, -0.2) is 11.0 Å². The van der Waals surface area contributed by atoms with Crippen molar-refractivity contribution in [2.75, 3.05) is 0 Å². The molecule has 0 amide bonds. The molecule has 2 saturated carbocycles. The lowest BCUT2D eigenvalue weighted by Gasteiger charge is -2.16. The lowest BCUT2D eigenvalue weighted by Crippen LogP contribution is -2.32. The Balaban J connectivity index is 1.54. The molecule has 3 heteroatoms. The largest absolute Gasteiger partial charge is 0.308 e. The van der Waals surface area contributed by atoms with Crippen LogP contribution in [0.3, 0.4) is 0 Å². The van der Waals surface area contributed by atoms with E-state index in [1.54, 1.807) is 11.3 Å². The van der Waals surface area contributed by atoms with E-state index in [0.29, 0.717) is 0 Å². The van der Waals surface area contributed by atoms with Crippen LogP contribution in [0.25, 0.3) is 0 Å². The first-order valence-corrected chi connectivity index (χ1v) is 6.42. The number of nitrogens with zero attached hydrogens (tertiary/aromatic N) is 1. The summed E-state index contributed by atoms with van der Waals surface area (Å²) >= 11 is 1.76. The fourth-order valence-electron chi connectivity index (χ4n) is 2.18. The van der Waals surface area contributed by atoms with Crippen LogP contribution in [0.15, 0.2) is 11.7 Å². The smallest absolute Gasteiger partial charge is 0.0794 e. The van der Waals surface area contributed by atoms with Gasteiger partial charge in [0.15, 0.2) is 0 Å². The maximum Gasteiger partial charge on any atom is 0.0794 e. The topological polar surface area (TPSA) is 24.9 Å². The Kier molecular flexibility index (Phi) is 2.30. The highest BCUT2D eigenvalue weighted by Gasteiger charge is 2.40. The van der Waals surface area contributed by atoms with Crippen LogP contribution < -0.4 is 5.32 Å². The Morgan fingerprint density at radius 1 is 1.36 bits per heavy atom. The average molecular weight is 208 g/mol. The molecule has 2 aliphatic rings. The van der Waals surface area contributed by atoms with Gasteiger partial charge in [-0.25, -0.2) is 0 Å². The minimum atomic E-state index is 0.817. The van der Waals surface area contributed by atoms with E-state index in [1.807, 2.05) is 11.7 Å². The van der Waals surface area contributed by atoms with Crippen LogP contribution in [0.4, 0.5) is 0 Å². The van der Waals surface area contributed by atoms with Gasteiger partial charge in [0.05, 0.1) is 5.51 Å². The molecule has 76 valence electrons. The van der Waals surface area contributed by atoms with E-state index in [0.717, 1.165) is 24.4 Å². The Bertz CT molecular complexity index is 276.